The van der Waals surface area contributed by atoms with E-state index in [1.165, 1.54) is 24.6 Å². The van der Waals surface area contributed by atoms with E-state index in [1.807, 2.05) is 12.3 Å². The molecule has 3 saturated carbocycles. The number of hydrogen-bond donors (Lipinski definition) is 1. The zero-order valence-electron chi connectivity index (χ0n) is 17.2. The topological polar surface area (TPSA) is 76.1 Å². The van der Waals surface area contributed by atoms with E-state index in [9.17, 15) is 13.2 Å². The van der Waals surface area contributed by atoms with E-state index < -0.39 is 9.84 Å². The van der Waals surface area contributed by atoms with Gasteiger partial charge in [-0.25, -0.2) is 13.4 Å². The molecule has 0 radical (unpaired) electrons. The Morgan fingerprint density at radius 1 is 1.17 bits per heavy atom. The van der Waals surface area contributed by atoms with E-state index in [4.69, 9.17) is 0 Å². The predicted molar refractivity (Wildman–Crippen MR) is 117 cm³/mol. The number of aromatic nitrogens is 1. The lowest BCUT2D eigenvalue weighted by Gasteiger charge is -2.40. The zero-order valence-corrected chi connectivity index (χ0v) is 18.9. The van der Waals surface area contributed by atoms with Gasteiger partial charge in [0.25, 0.3) is 5.91 Å². The quantitative estimate of drug-likeness (QED) is 0.590. The molecule has 0 bridgehead atoms. The van der Waals surface area contributed by atoms with Gasteiger partial charge < -0.3 is 5.32 Å². The van der Waals surface area contributed by atoms with Crippen LogP contribution < -0.4 is 5.32 Å². The molecule has 0 aliphatic heterocycles. The number of thioether (sulfide) groups is 1. The Morgan fingerprint density at radius 2 is 1.86 bits per heavy atom. The van der Waals surface area contributed by atoms with E-state index in [1.54, 1.807) is 12.3 Å². The van der Waals surface area contributed by atoms with Gasteiger partial charge in [0.2, 0.25) is 0 Å². The summed E-state index contributed by atoms with van der Waals surface area (Å²) in [6.45, 7) is 0.639. The lowest BCUT2D eigenvalue weighted by molar-refractivity contribution is 0.0892. The van der Waals surface area contributed by atoms with Gasteiger partial charge in [-0.1, -0.05) is 12.8 Å². The first kappa shape index (κ1) is 21.2. The molecule has 1 N–H and O–H groups in total. The van der Waals surface area contributed by atoms with Gasteiger partial charge in [-0.05, 0) is 80.6 Å². The number of amides is 1. The summed E-state index contributed by atoms with van der Waals surface area (Å²) in [4.78, 5) is 17.1. The SMILES string of the molecule is CSc1ncccc1C(=O)NCC1(CC2CC2)CCC(S(=O)(=O)CC2CC2)CC1. The van der Waals surface area contributed by atoms with Crippen LogP contribution in [0, 0.1) is 17.3 Å². The number of sulfone groups is 1. The molecule has 3 fully saturated rings. The van der Waals surface area contributed by atoms with Crippen LogP contribution in [0.4, 0.5) is 0 Å². The predicted octanol–water partition coefficient (Wildman–Crippen LogP) is 4.09. The molecule has 0 unspecified atom stereocenters. The van der Waals surface area contributed by atoms with Crippen molar-refractivity contribution in [1.29, 1.82) is 0 Å². The molecule has 160 valence electrons. The summed E-state index contributed by atoms with van der Waals surface area (Å²) in [5.74, 6) is 1.50. The fraction of sp³-hybridized carbons (Fsp3) is 0.727. The Bertz CT molecular complexity index is 839. The fourth-order valence-corrected chi connectivity index (χ4v) is 7.55. The number of pyridine rings is 1. The van der Waals surface area contributed by atoms with Crippen LogP contribution in [0.25, 0.3) is 0 Å². The van der Waals surface area contributed by atoms with Crippen molar-refractivity contribution in [3.63, 3.8) is 0 Å². The van der Waals surface area contributed by atoms with Crippen molar-refractivity contribution >= 4 is 27.5 Å². The normalized spacial score (nSPS) is 27.6. The van der Waals surface area contributed by atoms with Crippen LogP contribution in [-0.4, -0.2) is 43.1 Å². The maximum atomic E-state index is 12.8. The average Bonchev–Trinajstić information content (AvgIpc) is 3.64. The minimum Gasteiger partial charge on any atom is -0.351 e. The van der Waals surface area contributed by atoms with Gasteiger partial charge in [-0.3, -0.25) is 4.79 Å². The molecule has 4 rings (SSSR count). The molecule has 1 aromatic rings. The van der Waals surface area contributed by atoms with E-state index in [-0.39, 0.29) is 16.6 Å². The monoisotopic (exact) mass is 436 g/mol. The Balaban J connectivity index is 1.39. The maximum Gasteiger partial charge on any atom is 0.254 e. The molecule has 0 spiro atoms. The number of carbonyl (C=O) groups is 1. The largest absolute Gasteiger partial charge is 0.351 e. The molecule has 3 aliphatic rings. The first-order valence-electron chi connectivity index (χ1n) is 10.9. The molecule has 0 saturated heterocycles. The number of rotatable bonds is 9. The first-order chi connectivity index (χ1) is 13.9. The first-order valence-corrected chi connectivity index (χ1v) is 13.8. The summed E-state index contributed by atoms with van der Waals surface area (Å²) in [6, 6.07) is 3.62. The second-order valence-corrected chi connectivity index (χ2v) is 12.5. The summed E-state index contributed by atoms with van der Waals surface area (Å²) in [6.07, 6.45) is 12.8. The third-order valence-corrected chi connectivity index (χ3v) is 10.1. The molecule has 29 heavy (non-hydrogen) atoms. The number of nitrogens with zero attached hydrogens (tertiary/aromatic N) is 1. The minimum absolute atomic E-state index is 0.0458. The standard InChI is InChI=1S/C22H32N2O3S2/c1-28-21-19(3-2-12-23-21)20(25)24-15-22(13-16-4-5-16)10-8-18(9-11-22)29(26,27)14-17-6-7-17/h2-3,12,16-18H,4-11,13-15H2,1H3,(H,24,25). The maximum absolute atomic E-state index is 12.8. The Labute approximate surface area is 178 Å². The molecular formula is C22H32N2O3S2. The molecule has 0 aromatic carbocycles. The third kappa shape index (κ3) is 5.35. The zero-order chi connectivity index (χ0) is 20.5. The van der Waals surface area contributed by atoms with Gasteiger partial charge >= 0.3 is 0 Å². The number of carbonyl (C=O) groups excluding carboxylic acids is 1. The lowest BCUT2D eigenvalue weighted by atomic mass is 9.70. The second-order valence-electron chi connectivity index (χ2n) is 9.36. The third-order valence-electron chi connectivity index (χ3n) is 6.92. The summed E-state index contributed by atoms with van der Waals surface area (Å²) >= 11 is 1.48. The summed E-state index contributed by atoms with van der Waals surface area (Å²) < 4.78 is 25.4. The Morgan fingerprint density at radius 3 is 2.48 bits per heavy atom. The highest BCUT2D eigenvalue weighted by Gasteiger charge is 2.43. The van der Waals surface area contributed by atoms with Gasteiger partial charge in [0, 0.05) is 12.7 Å². The molecule has 1 aromatic heterocycles. The van der Waals surface area contributed by atoms with E-state index >= 15 is 0 Å². The van der Waals surface area contributed by atoms with Crippen molar-refractivity contribution in [2.45, 2.75) is 68.1 Å². The number of hydrogen-bond acceptors (Lipinski definition) is 5. The van der Waals surface area contributed by atoms with Crippen LogP contribution in [0.15, 0.2) is 23.4 Å². The van der Waals surface area contributed by atoms with Crippen LogP contribution in [0.5, 0.6) is 0 Å². The number of nitrogens with one attached hydrogen (secondary N) is 1. The van der Waals surface area contributed by atoms with Gasteiger partial charge in [-0.2, -0.15) is 0 Å². The fourth-order valence-electron chi connectivity index (χ4n) is 4.79. The smallest absolute Gasteiger partial charge is 0.254 e. The van der Waals surface area contributed by atoms with Crippen molar-refractivity contribution in [2.24, 2.45) is 17.3 Å². The molecular weight excluding hydrogens is 404 g/mol. The van der Waals surface area contributed by atoms with Crippen LogP contribution in [0.2, 0.25) is 0 Å². The van der Waals surface area contributed by atoms with Crippen molar-refractivity contribution in [1.82, 2.24) is 10.3 Å². The second kappa shape index (κ2) is 8.58. The van der Waals surface area contributed by atoms with Crippen molar-refractivity contribution in [2.75, 3.05) is 18.6 Å². The Kier molecular flexibility index (Phi) is 6.26. The molecule has 0 atom stereocenters. The lowest BCUT2D eigenvalue weighted by Crippen LogP contribution is -2.43. The van der Waals surface area contributed by atoms with Crippen LogP contribution in [0.3, 0.4) is 0 Å². The van der Waals surface area contributed by atoms with Crippen molar-refractivity contribution < 1.29 is 13.2 Å². The van der Waals surface area contributed by atoms with Gasteiger partial charge in [-0.15, -0.1) is 11.8 Å². The molecule has 1 amide bonds. The molecule has 3 aliphatic carbocycles. The molecule has 5 nitrogen and oxygen atoms in total. The highest BCUT2D eigenvalue weighted by atomic mass is 32.2. The molecule has 1 heterocycles. The average molecular weight is 437 g/mol. The van der Waals surface area contributed by atoms with Gasteiger partial charge in [0.05, 0.1) is 16.6 Å². The Hall–Kier alpha value is -1.08. The summed E-state index contributed by atoms with van der Waals surface area (Å²) in [5, 5.41) is 3.74. The van der Waals surface area contributed by atoms with Crippen molar-refractivity contribution in [3.8, 4) is 0 Å². The van der Waals surface area contributed by atoms with E-state index in [0.29, 0.717) is 23.8 Å². The highest BCUT2D eigenvalue weighted by molar-refractivity contribution is 7.98. The van der Waals surface area contributed by atoms with E-state index in [0.717, 1.165) is 55.9 Å². The minimum atomic E-state index is -2.96. The van der Waals surface area contributed by atoms with Gasteiger partial charge in [0.1, 0.15) is 5.03 Å². The summed E-state index contributed by atoms with van der Waals surface area (Å²) in [7, 11) is -2.96. The summed E-state index contributed by atoms with van der Waals surface area (Å²) in [5.41, 5.74) is 0.673. The van der Waals surface area contributed by atoms with Crippen LogP contribution in [-0.2, 0) is 9.84 Å². The van der Waals surface area contributed by atoms with Crippen LogP contribution in [0.1, 0.15) is 68.1 Å². The van der Waals surface area contributed by atoms with Crippen molar-refractivity contribution in [3.05, 3.63) is 23.9 Å². The molecule has 7 heteroatoms. The van der Waals surface area contributed by atoms with E-state index in [2.05, 4.69) is 10.3 Å². The van der Waals surface area contributed by atoms with Gasteiger partial charge in [0.15, 0.2) is 9.84 Å². The van der Waals surface area contributed by atoms with Crippen LogP contribution >= 0.6 is 11.8 Å². The highest BCUT2D eigenvalue weighted by Crippen LogP contribution is 2.48.